The Labute approximate surface area is 201 Å². The lowest BCUT2D eigenvalue weighted by Gasteiger charge is -2.23. The van der Waals surface area contributed by atoms with Crippen LogP contribution >= 0.6 is 11.3 Å². The SMILES string of the molecule is N#CC(C#N)=C1/C(=C/c2ccc(N(c3ccccc3)c3ccccc3)s2)C(=O)c2ccccc21. The number of rotatable bonds is 4. The first-order valence-electron chi connectivity index (χ1n) is 10.6. The molecule has 5 heteroatoms. The number of ketones is 1. The predicted octanol–water partition coefficient (Wildman–Crippen LogP) is 7.30. The number of anilines is 3. The third kappa shape index (κ3) is 3.71. The van der Waals surface area contributed by atoms with Crippen LogP contribution in [0.3, 0.4) is 0 Å². The van der Waals surface area contributed by atoms with E-state index >= 15 is 0 Å². The standard InChI is InChI=1S/C29H17N3OS/c30-18-20(19-31)28-24-13-7-8-14-25(24)29(33)26(28)17-23-15-16-27(34-23)32(21-9-3-1-4-10-21)22-11-5-2-6-12-22/h1-17H/b26-17-. The average Bonchev–Trinajstić information content (AvgIpc) is 3.45. The molecule has 0 spiro atoms. The molecular weight excluding hydrogens is 438 g/mol. The molecule has 4 nitrogen and oxygen atoms in total. The molecule has 0 radical (unpaired) electrons. The lowest BCUT2D eigenvalue weighted by molar-refractivity contribution is 0.104. The average molecular weight is 456 g/mol. The van der Waals surface area contributed by atoms with Crippen molar-refractivity contribution in [1.29, 1.82) is 10.5 Å². The molecule has 0 fully saturated rings. The van der Waals surface area contributed by atoms with Gasteiger partial charge in [0.05, 0.1) is 0 Å². The van der Waals surface area contributed by atoms with Gasteiger partial charge in [0, 0.05) is 33.0 Å². The van der Waals surface area contributed by atoms with Crippen molar-refractivity contribution in [3.8, 4) is 12.1 Å². The van der Waals surface area contributed by atoms with Crippen LogP contribution < -0.4 is 4.90 Å². The zero-order valence-electron chi connectivity index (χ0n) is 18.0. The molecule has 0 atom stereocenters. The molecule has 0 N–H and O–H groups in total. The van der Waals surface area contributed by atoms with E-state index in [9.17, 15) is 15.3 Å². The molecule has 5 rings (SSSR count). The number of carbonyl (C=O) groups excluding carboxylic acids is 1. The number of Topliss-reactive ketones (excluding diaryl/α,β-unsaturated/α-hetero) is 1. The minimum absolute atomic E-state index is 0.0588. The van der Waals surface area contributed by atoms with E-state index in [1.165, 1.54) is 11.3 Å². The molecule has 0 bridgehead atoms. The lowest BCUT2D eigenvalue weighted by Crippen LogP contribution is -2.07. The molecule has 1 aliphatic carbocycles. The van der Waals surface area contributed by atoms with E-state index in [0.29, 0.717) is 22.3 Å². The number of carbonyl (C=O) groups is 1. The van der Waals surface area contributed by atoms with E-state index in [1.807, 2.05) is 66.7 Å². The Kier molecular flexibility index (Phi) is 5.62. The number of hydrogen-bond donors (Lipinski definition) is 0. The van der Waals surface area contributed by atoms with E-state index in [0.717, 1.165) is 21.3 Å². The zero-order valence-corrected chi connectivity index (χ0v) is 18.8. The van der Waals surface area contributed by atoms with Gasteiger partial charge in [-0.2, -0.15) is 10.5 Å². The van der Waals surface area contributed by atoms with Crippen LogP contribution in [0, 0.1) is 22.7 Å². The van der Waals surface area contributed by atoms with Crippen LogP contribution in [0.25, 0.3) is 11.6 Å². The van der Waals surface area contributed by atoms with Gasteiger partial charge in [-0.1, -0.05) is 60.7 Å². The van der Waals surface area contributed by atoms with Gasteiger partial charge < -0.3 is 4.90 Å². The quantitative estimate of drug-likeness (QED) is 0.239. The van der Waals surface area contributed by atoms with Gasteiger partial charge in [-0.3, -0.25) is 4.79 Å². The highest BCUT2D eigenvalue weighted by Crippen LogP contribution is 2.42. The molecule has 34 heavy (non-hydrogen) atoms. The van der Waals surface area contributed by atoms with Crippen LogP contribution in [0.2, 0.25) is 0 Å². The first-order valence-corrected chi connectivity index (χ1v) is 11.4. The predicted molar refractivity (Wildman–Crippen MR) is 136 cm³/mol. The highest BCUT2D eigenvalue weighted by Gasteiger charge is 2.32. The molecule has 4 aromatic rings. The molecule has 0 unspecified atom stereocenters. The van der Waals surface area contributed by atoms with Gasteiger partial charge >= 0.3 is 0 Å². The fraction of sp³-hybridized carbons (Fsp3) is 0. The first-order chi connectivity index (χ1) is 16.7. The summed E-state index contributed by atoms with van der Waals surface area (Å²) in [6.45, 7) is 0. The van der Waals surface area contributed by atoms with Gasteiger partial charge in [0.25, 0.3) is 0 Å². The number of benzene rings is 3. The third-order valence-corrected chi connectivity index (χ3v) is 6.59. The lowest BCUT2D eigenvalue weighted by atomic mass is 9.99. The Morgan fingerprint density at radius 1 is 0.735 bits per heavy atom. The topological polar surface area (TPSA) is 67.9 Å². The minimum Gasteiger partial charge on any atom is -0.302 e. The van der Waals surface area contributed by atoms with Crippen molar-refractivity contribution in [3.05, 3.63) is 124 Å². The molecule has 160 valence electrons. The fourth-order valence-electron chi connectivity index (χ4n) is 4.09. The summed E-state index contributed by atoms with van der Waals surface area (Å²) in [7, 11) is 0. The van der Waals surface area contributed by atoms with E-state index in [1.54, 1.807) is 24.3 Å². The number of allylic oxidation sites excluding steroid dienone is 3. The van der Waals surface area contributed by atoms with Crippen molar-refractivity contribution in [1.82, 2.24) is 0 Å². The number of hydrogen-bond acceptors (Lipinski definition) is 5. The normalized spacial score (nSPS) is 13.3. The van der Waals surface area contributed by atoms with Crippen molar-refractivity contribution in [2.45, 2.75) is 0 Å². The summed E-state index contributed by atoms with van der Waals surface area (Å²) in [5.41, 5.74) is 3.91. The summed E-state index contributed by atoms with van der Waals surface area (Å²) >= 11 is 1.54. The van der Waals surface area contributed by atoms with Crippen molar-refractivity contribution >= 4 is 45.1 Å². The number of fused-ring (bicyclic) bond motifs is 1. The molecule has 0 amide bonds. The summed E-state index contributed by atoms with van der Waals surface area (Å²) in [5, 5.41) is 20.1. The highest BCUT2D eigenvalue weighted by atomic mass is 32.1. The third-order valence-electron chi connectivity index (χ3n) is 5.58. The van der Waals surface area contributed by atoms with Gasteiger partial charge in [0.2, 0.25) is 0 Å². The first kappa shape index (κ1) is 21.2. The smallest absolute Gasteiger partial charge is 0.194 e. The molecular formula is C29H17N3OS. The van der Waals surface area contributed by atoms with Gasteiger partial charge in [0.15, 0.2) is 5.78 Å². The molecule has 0 saturated heterocycles. The van der Waals surface area contributed by atoms with Crippen molar-refractivity contribution in [3.63, 3.8) is 0 Å². The van der Waals surface area contributed by atoms with E-state index in [2.05, 4.69) is 29.2 Å². The maximum atomic E-state index is 13.2. The maximum Gasteiger partial charge on any atom is 0.194 e. The summed E-state index contributed by atoms with van der Waals surface area (Å²) in [5.74, 6) is -0.175. The Hall–Kier alpha value is -4.71. The molecule has 1 aromatic heterocycles. The number of para-hydroxylation sites is 2. The van der Waals surface area contributed by atoms with Gasteiger partial charge in [0.1, 0.15) is 22.7 Å². The second-order valence-electron chi connectivity index (χ2n) is 7.59. The summed E-state index contributed by atoms with van der Waals surface area (Å²) < 4.78 is 0. The van der Waals surface area contributed by atoms with Crippen molar-refractivity contribution in [2.75, 3.05) is 4.90 Å². The van der Waals surface area contributed by atoms with Gasteiger partial charge in [-0.15, -0.1) is 11.3 Å². The van der Waals surface area contributed by atoms with Gasteiger partial charge in [-0.25, -0.2) is 0 Å². The Bertz CT molecular complexity index is 1480. The van der Waals surface area contributed by atoms with E-state index < -0.39 is 0 Å². The Balaban J connectivity index is 1.62. The van der Waals surface area contributed by atoms with Crippen LogP contribution in [0.5, 0.6) is 0 Å². The Morgan fingerprint density at radius 3 is 1.88 bits per heavy atom. The van der Waals surface area contributed by atoms with Crippen LogP contribution in [0.15, 0.2) is 108 Å². The number of thiophene rings is 1. The van der Waals surface area contributed by atoms with Crippen LogP contribution in [0.4, 0.5) is 16.4 Å². The van der Waals surface area contributed by atoms with E-state index in [-0.39, 0.29) is 11.4 Å². The van der Waals surface area contributed by atoms with Crippen LogP contribution in [-0.4, -0.2) is 5.78 Å². The number of nitrogens with zero attached hydrogens (tertiary/aromatic N) is 3. The van der Waals surface area contributed by atoms with Gasteiger partial charge in [-0.05, 0) is 48.0 Å². The van der Waals surface area contributed by atoms with E-state index in [4.69, 9.17) is 0 Å². The van der Waals surface area contributed by atoms with Crippen molar-refractivity contribution in [2.24, 2.45) is 0 Å². The largest absolute Gasteiger partial charge is 0.302 e. The van der Waals surface area contributed by atoms with Crippen LogP contribution in [0.1, 0.15) is 20.8 Å². The molecule has 1 aliphatic rings. The van der Waals surface area contributed by atoms with Crippen LogP contribution in [-0.2, 0) is 0 Å². The second-order valence-corrected chi connectivity index (χ2v) is 8.68. The molecule has 1 heterocycles. The molecule has 0 saturated carbocycles. The minimum atomic E-state index is -0.175. The maximum absolute atomic E-state index is 13.2. The summed E-state index contributed by atoms with van der Waals surface area (Å²) in [6.07, 6.45) is 1.79. The van der Waals surface area contributed by atoms with Crippen molar-refractivity contribution < 1.29 is 4.79 Å². The zero-order chi connectivity index (χ0) is 23.5. The summed E-state index contributed by atoms with van der Waals surface area (Å²) in [6, 6.07) is 35.2. The fourth-order valence-corrected chi connectivity index (χ4v) is 5.08. The summed E-state index contributed by atoms with van der Waals surface area (Å²) in [4.78, 5) is 16.2. The molecule has 0 aliphatic heterocycles. The monoisotopic (exact) mass is 455 g/mol. The number of nitriles is 2. The highest BCUT2D eigenvalue weighted by molar-refractivity contribution is 7.17. The second kappa shape index (κ2) is 9.03. The Morgan fingerprint density at radius 2 is 1.29 bits per heavy atom. The molecule has 3 aromatic carbocycles.